The molecule has 480 valence electrons. The van der Waals surface area contributed by atoms with Crippen molar-refractivity contribution in [3.8, 4) is 33.8 Å². The van der Waals surface area contributed by atoms with Crippen molar-refractivity contribution in [2.75, 3.05) is 164 Å². The van der Waals surface area contributed by atoms with Crippen molar-refractivity contribution in [2.24, 2.45) is 0 Å². The Morgan fingerprint density at radius 1 is 0.422 bits per heavy atom. The van der Waals surface area contributed by atoms with Crippen molar-refractivity contribution in [2.45, 2.75) is 98.5 Å². The van der Waals surface area contributed by atoms with Crippen LogP contribution in [-0.4, -0.2) is 187 Å². The van der Waals surface area contributed by atoms with Gasteiger partial charge in [0.05, 0.1) is 56.7 Å². The minimum absolute atomic E-state index is 0.131. The van der Waals surface area contributed by atoms with E-state index >= 15 is 0 Å². The topological polar surface area (TPSA) is 250 Å². The second-order valence-corrected chi connectivity index (χ2v) is 22.9. The molecule has 12 heterocycles. The Morgan fingerprint density at radius 2 is 0.722 bits per heavy atom. The molecule has 0 aromatic carbocycles. The van der Waals surface area contributed by atoms with E-state index in [-0.39, 0.29) is 17.5 Å². The first-order valence-corrected chi connectivity index (χ1v) is 31.0. The van der Waals surface area contributed by atoms with Gasteiger partial charge in [-0.1, -0.05) is 0 Å². The Balaban J connectivity index is 0.000000153. The molecule has 6 aliphatic heterocycles. The Bertz CT molecular complexity index is 3290. The normalized spacial score (nSPS) is 18.0. The predicted molar refractivity (Wildman–Crippen MR) is 341 cm³/mol. The molecule has 27 heteroatoms. The lowest BCUT2D eigenvalue weighted by atomic mass is 10.1. The number of aryl methyl sites for hydroxylation is 3. The van der Waals surface area contributed by atoms with Gasteiger partial charge in [0.1, 0.15) is 34.9 Å². The van der Waals surface area contributed by atoms with Crippen LogP contribution in [0.15, 0.2) is 55.0 Å². The van der Waals surface area contributed by atoms with E-state index in [1.54, 1.807) is 30.7 Å². The second kappa shape index (κ2) is 30.4. The Labute approximate surface area is 527 Å². The summed E-state index contributed by atoms with van der Waals surface area (Å²) in [5.41, 5.74) is 7.18. The number of piperidine rings is 3. The molecule has 12 rings (SSSR count). The van der Waals surface area contributed by atoms with E-state index in [4.69, 9.17) is 48.2 Å². The van der Waals surface area contributed by atoms with Gasteiger partial charge in [-0.25, -0.2) is 29.9 Å². The molecule has 6 saturated heterocycles. The third-order valence-corrected chi connectivity index (χ3v) is 16.2. The van der Waals surface area contributed by atoms with Crippen molar-refractivity contribution in [3.63, 3.8) is 0 Å². The van der Waals surface area contributed by atoms with Gasteiger partial charge in [-0.05, 0) is 113 Å². The number of nitrogens with one attached hydrogen (secondary N) is 3. The van der Waals surface area contributed by atoms with Gasteiger partial charge in [0.2, 0.25) is 29.7 Å². The molecule has 6 aliphatic rings. The van der Waals surface area contributed by atoms with Crippen molar-refractivity contribution in [1.82, 2.24) is 44.9 Å². The number of carbonyl (C=O) groups is 3. The van der Waals surface area contributed by atoms with Crippen molar-refractivity contribution >= 4 is 70.5 Å². The van der Waals surface area contributed by atoms with Crippen LogP contribution in [0.4, 0.5) is 65.9 Å². The van der Waals surface area contributed by atoms with Gasteiger partial charge in [0.25, 0.3) is 0 Å². The molecule has 0 spiro atoms. The number of pyridine rings is 3. The number of aromatic nitrogens is 9. The summed E-state index contributed by atoms with van der Waals surface area (Å²) in [6.45, 7) is 18.6. The van der Waals surface area contributed by atoms with Gasteiger partial charge in [-0.2, -0.15) is 28.1 Å². The van der Waals surface area contributed by atoms with Gasteiger partial charge >= 0.3 is 12.1 Å². The van der Waals surface area contributed by atoms with Gasteiger partial charge in [0, 0.05) is 150 Å². The van der Waals surface area contributed by atoms with Crippen molar-refractivity contribution in [1.29, 1.82) is 0 Å². The highest BCUT2D eigenvalue weighted by Gasteiger charge is 2.39. The van der Waals surface area contributed by atoms with Crippen LogP contribution in [0.25, 0.3) is 33.8 Å². The third-order valence-electron chi connectivity index (χ3n) is 16.2. The zero-order chi connectivity index (χ0) is 65.7. The number of alkyl halides is 3. The smallest absolute Gasteiger partial charge is 0.378 e. The maximum atomic E-state index is 12.5. The van der Waals surface area contributed by atoms with E-state index in [0.717, 1.165) is 161 Å². The van der Waals surface area contributed by atoms with Crippen LogP contribution in [0.3, 0.4) is 0 Å². The number of carbonyl (C=O) groups excluding carboxylic acids is 3. The fourth-order valence-corrected chi connectivity index (χ4v) is 11.4. The Kier molecular flexibility index (Phi) is 20.4. The minimum Gasteiger partial charge on any atom is -0.378 e. The molecule has 0 radical (unpaired) electrons. The number of hydrogen-bond donors (Lipinski definition) is 3. The lowest BCUT2D eigenvalue weighted by Gasteiger charge is -2.31. The number of halogens is 3. The summed E-state index contributed by atoms with van der Waals surface area (Å²) in [5.74, 6) is 2.07. The van der Waals surface area contributed by atoms with Gasteiger partial charge in [0.15, 0.2) is 0 Å². The lowest BCUT2D eigenvalue weighted by molar-refractivity contribution is -0.167. The van der Waals surface area contributed by atoms with Gasteiger partial charge in [-0.15, -0.1) is 0 Å². The highest BCUT2D eigenvalue weighted by Crippen LogP contribution is 2.34. The van der Waals surface area contributed by atoms with E-state index in [1.807, 2.05) is 38.1 Å². The number of ether oxygens (including phenoxy) is 3. The molecule has 0 unspecified atom stereocenters. The standard InChI is InChI=1S/C21H25F3N6O2.2C21H28N6O2/c1-14-11-17(27-19(31)21(22,23)24)25-13-15(14)16-12-18(29-7-9-32-10-8-29)28-20(26-16)30-5-3-2-4-6-30;2*1-15-12-19(23-16(2)28)22-14-17(15)18-13-20(26-8-10-29-11-9-26)25-21(24-18)27-6-4-3-5-7-27/h11-13H,2-10H2,1H3,(H,25,27,31);2*12-14H,3-11H2,1-2H3,(H,22,23,28)/i;2D3;. The summed E-state index contributed by atoms with van der Waals surface area (Å²) in [7, 11) is 0. The first-order valence-electron chi connectivity index (χ1n) is 32.5. The quantitative estimate of drug-likeness (QED) is 0.104. The highest BCUT2D eigenvalue weighted by atomic mass is 19.4. The number of hydrogen-bond acceptors (Lipinski definition) is 21. The number of anilines is 9. The van der Waals surface area contributed by atoms with Crippen LogP contribution in [0.1, 0.15) is 92.4 Å². The maximum absolute atomic E-state index is 12.5. The van der Waals surface area contributed by atoms with Crippen LogP contribution in [0, 0.1) is 20.8 Å². The molecule has 6 aromatic rings. The summed E-state index contributed by atoms with van der Waals surface area (Å²) in [6.07, 6.45) is 10.3. The third kappa shape index (κ3) is 17.3. The fourth-order valence-electron chi connectivity index (χ4n) is 11.4. The average molecular weight is 1250 g/mol. The van der Waals surface area contributed by atoms with Crippen LogP contribution in [0.2, 0.25) is 0 Å². The monoisotopic (exact) mass is 1250 g/mol. The zero-order valence-corrected chi connectivity index (χ0v) is 51.6. The number of nitrogens with zero attached hydrogens (tertiary/aromatic N) is 15. The highest BCUT2D eigenvalue weighted by molar-refractivity contribution is 5.94. The molecule has 0 aliphatic carbocycles. The van der Waals surface area contributed by atoms with Crippen molar-refractivity contribution in [3.05, 3.63) is 71.7 Å². The van der Waals surface area contributed by atoms with E-state index in [0.29, 0.717) is 74.2 Å². The van der Waals surface area contributed by atoms with E-state index in [1.165, 1.54) is 51.3 Å². The molecule has 24 nitrogen and oxygen atoms in total. The summed E-state index contributed by atoms with van der Waals surface area (Å²) in [5, 5.41) is 6.88. The van der Waals surface area contributed by atoms with Crippen LogP contribution >= 0.6 is 0 Å². The van der Waals surface area contributed by atoms with Crippen LogP contribution in [0.5, 0.6) is 0 Å². The maximum Gasteiger partial charge on any atom is 0.471 e. The Morgan fingerprint density at radius 3 is 1.00 bits per heavy atom. The molecule has 3 amide bonds. The average Bonchev–Trinajstić information content (AvgIpc) is 0.866. The molecule has 0 bridgehead atoms. The fraction of sp³-hybridized carbons (Fsp3) is 0.524. The second-order valence-electron chi connectivity index (χ2n) is 22.9. The molecule has 90 heavy (non-hydrogen) atoms. The summed E-state index contributed by atoms with van der Waals surface area (Å²) in [6, 6.07) is 10.8. The van der Waals surface area contributed by atoms with E-state index < -0.39 is 24.8 Å². The minimum atomic E-state index is -4.97. The number of morpholine rings is 3. The molecular formula is C63H81F3N18O6. The van der Waals surface area contributed by atoms with E-state index in [2.05, 4.69) is 55.0 Å². The van der Waals surface area contributed by atoms with Crippen LogP contribution in [-0.2, 0) is 28.6 Å². The number of amides is 3. The summed E-state index contributed by atoms with van der Waals surface area (Å²) >= 11 is 0. The molecule has 0 atom stereocenters. The zero-order valence-electron chi connectivity index (χ0n) is 54.6. The summed E-state index contributed by atoms with van der Waals surface area (Å²) in [4.78, 5) is 89.4. The molecular weight excluding hydrogens is 1160 g/mol. The van der Waals surface area contributed by atoms with Gasteiger partial charge in [-0.3, -0.25) is 14.4 Å². The number of rotatable bonds is 12. The first-order chi connectivity index (χ1) is 44.7. The molecule has 3 N–H and O–H groups in total. The summed E-state index contributed by atoms with van der Waals surface area (Å²) < 4.78 is 75.7. The molecule has 0 saturated carbocycles. The first kappa shape index (κ1) is 60.5. The van der Waals surface area contributed by atoms with E-state index in [9.17, 15) is 27.6 Å². The largest absolute Gasteiger partial charge is 0.471 e. The lowest BCUT2D eigenvalue weighted by Crippen LogP contribution is -2.37. The van der Waals surface area contributed by atoms with Crippen LogP contribution < -0.4 is 45.3 Å². The van der Waals surface area contributed by atoms with Gasteiger partial charge < -0.3 is 59.6 Å². The predicted octanol–water partition coefficient (Wildman–Crippen LogP) is 8.44. The Hall–Kier alpha value is -8.43. The molecule has 6 aromatic heterocycles. The van der Waals surface area contributed by atoms with Crippen molar-refractivity contribution < 1.29 is 45.9 Å². The molecule has 6 fully saturated rings. The SMILES string of the molecule is CC(=O)Nc1cc(C)c(-c2cc(N3CCOCC3)nc(N3CCCCC3)n2)cn1.Cc1cc(NC(=O)C(F)(F)F)ncc1-c1cc(N2CCOCC2)nc(N2CCCCC2)n1.[2H]C([2H])([2H])C(=O)Nc1cc(C)c(-c2cc(N3CCOCC3)nc(N3CCCCC3)n2)cn1.